The van der Waals surface area contributed by atoms with Crippen molar-refractivity contribution >= 4 is 5.78 Å². The highest BCUT2D eigenvalue weighted by Crippen LogP contribution is 2.40. The Balaban J connectivity index is 2.70. The van der Waals surface area contributed by atoms with Crippen molar-refractivity contribution in [2.75, 3.05) is 14.1 Å². The van der Waals surface area contributed by atoms with Gasteiger partial charge in [-0.2, -0.15) is 0 Å². The van der Waals surface area contributed by atoms with Crippen molar-refractivity contribution < 1.29 is 4.79 Å². The van der Waals surface area contributed by atoms with Gasteiger partial charge in [-0.1, -0.05) is 81.4 Å². The van der Waals surface area contributed by atoms with Crippen molar-refractivity contribution in [1.82, 2.24) is 4.90 Å². The minimum Gasteiger partial charge on any atom is -0.306 e. The molecule has 0 bridgehead atoms. The fourth-order valence-corrected chi connectivity index (χ4v) is 3.91. The Hall–Kier alpha value is -1.93. The number of nitrogens with zero attached hydrogens (tertiary/aromatic N) is 1. The van der Waals surface area contributed by atoms with E-state index in [1.165, 1.54) is 0 Å². The maximum Gasteiger partial charge on any atom is 0.147 e. The maximum absolute atomic E-state index is 13.4. The van der Waals surface area contributed by atoms with Gasteiger partial charge in [0.15, 0.2) is 0 Å². The first kappa shape index (κ1) is 19.4. The van der Waals surface area contributed by atoms with Gasteiger partial charge >= 0.3 is 0 Å². The van der Waals surface area contributed by atoms with Crippen molar-refractivity contribution in [3.63, 3.8) is 0 Å². The zero-order valence-corrected chi connectivity index (χ0v) is 16.2. The van der Waals surface area contributed by atoms with E-state index in [1.807, 2.05) is 43.3 Å². The molecule has 0 fully saturated rings. The first-order chi connectivity index (χ1) is 11.9. The van der Waals surface area contributed by atoms with Crippen LogP contribution in [-0.4, -0.2) is 30.8 Å². The van der Waals surface area contributed by atoms with Gasteiger partial charge in [-0.15, -0.1) is 0 Å². The molecule has 2 aromatic carbocycles. The molecule has 0 heterocycles. The predicted octanol–water partition coefficient (Wildman–Crippen LogP) is 4.93. The summed E-state index contributed by atoms with van der Waals surface area (Å²) in [6.45, 7) is 6.45. The van der Waals surface area contributed by atoms with Gasteiger partial charge in [-0.05, 0) is 37.6 Å². The number of hydrogen-bond acceptors (Lipinski definition) is 2. The summed E-state index contributed by atoms with van der Waals surface area (Å²) in [6.07, 6.45) is 1.32. The molecular formula is C23H31NO. The van der Waals surface area contributed by atoms with Gasteiger partial charge < -0.3 is 4.90 Å². The standard InChI is InChI=1S/C23H31NO/c1-6-22(25)23(19-13-9-7-10-14-19,20-15-11-8-12-16-20)17-21(18(2)3)24(4)5/h7-16,18,21H,6,17H2,1-5H3/t21-/m1/s1. The monoisotopic (exact) mass is 337 g/mol. The summed E-state index contributed by atoms with van der Waals surface area (Å²) >= 11 is 0. The second kappa shape index (κ2) is 8.44. The zero-order chi connectivity index (χ0) is 18.4. The second-order valence-electron chi connectivity index (χ2n) is 7.39. The van der Waals surface area contributed by atoms with Crippen molar-refractivity contribution in [2.24, 2.45) is 5.92 Å². The van der Waals surface area contributed by atoms with Crippen LogP contribution < -0.4 is 0 Å². The van der Waals surface area contributed by atoms with Gasteiger partial charge in [0.2, 0.25) is 0 Å². The van der Waals surface area contributed by atoms with Crippen LogP contribution in [0, 0.1) is 5.92 Å². The number of benzene rings is 2. The van der Waals surface area contributed by atoms with Crippen molar-refractivity contribution in [3.05, 3.63) is 71.8 Å². The molecule has 2 aromatic rings. The molecule has 0 N–H and O–H groups in total. The van der Waals surface area contributed by atoms with Crippen LogP contribution in [0.25, 0.3) is 0 Å². The highest BCUT2D eigenvalue weighted by Gasteiger charge is 2.43. The smallest absolute Gasteiger partial charge is 0.147 e. The number of hydrogen-bond donors (Lipinski definition) is 0. The summed E-state index contributed by atoms with van der Waals surface area (Å²) in [4.78, 5) is 15.7. The van der Waals surface area contributed by atoms with E-state index in [1.54, 1.807) is 0 Å². The van der Waals surface area contributed by atoms with Gasteiger partial charge in [0.1, 0.15) is 5.78 Å². The highest BCUT2D eigenvalue weighted by atomic mass is 16.1. The third-order valence-electron chi connectivity index (χ3n) is 5.28. The molecule has 0 saturated carbocycles. The molecule has 0 unspecified atom stereocenters. The largest absolute Gasteiger partial charge is 0.306 e. The van der Waals surface area contributed by atoms with Crippen LogP contribution in [0.4, 0.5) is 0 Å². The molecule has 0 aliphatic rings. The van der Waals surface area contributed by atoms with E-state index in [2.05, 4.69) is 57.1 Å². The number of rotatable bonds is 8. The summed E-state index contributed by atoms with van der Waals surface area (Å²) in [7, 11) is 4.23. The van der Waals surface area contributed by atoms with Crippen molar-refractivity contribution in [2.45, 2.75) is 45.1 Å². The molecule has 0 aromatic heterocycles. The molecule has 0 radical (unpaired) electrons. The third-order valence-corrected chi connectivity index (χ3v) is 5.28. The summed E-state index contributed by atoms with van der Waals surface area (Å²) in [5.41, 5.74) is 1.59. The minimum atomic E-state index is -0.601. The fourth-order valence-electron chi connectivity index (χ4n) is 3.91. The highest BCUT2D eigenvalue weighted by molar-refractivity contribution is 5.93. The zero-order valence-electron chi connectivity index (χ0n) is 16.2. The Kier molecular flexibility index (Phi) is 6.55. The molecule has 134 valence electrons. The Morgan fingerprint density at radius 2 is 1.36 bits per heavy atom. The number of carbonyl (C=O) groups excluding carboxylic acids is 1. The second-order valence-corrected chi connectivity index (χ2v) is 7.39. The summed E-state index contributed by atoms with van der Waals surface area (Å²) in [5, 5.41) is 0. The van der Waals surface area contributed by atoms with Crippen LogP contribution in [0.15, 0.2) is 60.7 Å². The van der Waals surface area contributed by atoms with Crippen LogP contribution in [0.2, 0.25) is 0 Å². The van der Waals surface area contributed by atoms with Crippen LogP contribution in [0.1, 0.15) is 44.7 Å². The maximum atomic E-state index is 13.4. The minimum absolute atomic E-state index is 0.289. The van der Waals surface area contributed by atoms with Gasteiger partial charge in [0, 0.05) is 12.5 Å². The van der Waals surface area contributed by atoms with Crippen LogP contribution in [0.3, 0.4) is 0 Å². The Morgan fingerprint density at radius 3 is 1.68 bits per heavy atom. The Labute approximate surface area is 152 Å². The molecule has 25 heavy (non-hydrogen) atoms. The lowest BCUT2D eigenvalue weighted by Crippen LogP contribution is -2.45. The normalized spacial score (nSPS) is 13.2. The van der Waals surface area contributed by atoms with Crippen LogP contribution >= 0.6 is 0 Å². The first-order valence-corrected chi connectivity index (χ1v) is 9.24. The van der Waals surface area contributed by atoms with Crippen LogP contribution in [0.5, 0.6) is 0 Å². The van der Waals surface area contributed by atoms with Gasteiger partial charge in [0.25, 0.3) is 0 Å². The third kappa shape index (κ3) is 4.01. The Morgan fingerprint density at radius 1 is 0.920 bits per heavy atom. The van der Waals surface area contributed by atoms with Crippen molar-refractivity contribution in [1.29, 1.82) is 0 Å². The lowest BCUT2D eigenvalue weighted by atomic mass is 9.65. The summed E-state index contributed by atoms with van der Waals surface area (Å²) < 4.78 is 0. The van der Waals surface area contributed by atoms with Crippen LogP contribution in [-0.2, 0) is 10.2 Å². The van der Waals surface area contributed by atoms with E-state index in [0.717, 1.165) is 17.5 Å². The molecule has 0 saturated heterocycles. The number of ketones is 1. The quantitative estimate of drug-likeness (QED) is 0.681. The lowest BCUT2D eigenvalue weighted by molar-refractivity contribution is -0.123. The van der Waals surface area contributed by atoms with E-state index in [0.29, 0.717) is 18.4 Å². The van der Waals surface area contributed by atoms with E-state index >= 15 is 0 Å². The topological polar surface area (TPSA) is 20.3 Å². The predicted molar refractivity (Wildman–Crippen MR) is 106 cm³/mol. The molecule has 0 spiro atoms. The molecular weight excluding hydrogens is 306 g/mol. The van der Waals surface area contributed by atoms with E-state index in [4.69, 9.17) is 0 Å². The molecule has 0 aliphatic carbocycles. The van der Waals surface area contributed by atoms with Crippen molar-refractivity contribution in [3.8, 4) is 0 Å². The number of Topliss-reactive ketones (excluding diaryl/α,β-unsaturated/α-hetero) is 1. The fraction of sp³-hybridized carbons (Fsp3) is 0.435. The summed E-state index contributed by atoms with van der Waals surface area (Å²) in [5.74, 6) is 0.754. The molecule has 2 nitrogen and oxygen atoms in total. The average molecular weight is 338 g/mol. The Bertz CT molecular complexity index is 614. The average Bonchev–Trinajstić information content (AvgIpc) is 2.63. The van der Waals surface area contributed by atoms with Gasteiger partial charge in [-0.25, -0.2) is 0 Å². The molecule has 0 amide bonds. The SMILES string of the molecule is CCC(=O)C(C[C@H](C(C)C)N(C)C)(c1ccccc1)c1ccccc1. The lowest BCUT2D eigenvalue weighted by Gasteiger charge is -2.40. The molecule has 2 heteroatoms. The van der Waals surface area contributed by atoms with E-state index in [9.17, 15) is 4.79 Å². The van der Waals surface area contributed by atoms with E-state index in [-0.39, 0.29) is 5.78 Å². The molecule has 0 aliphatic heterocycles. The van der Waals surface area contributed by atoms with Gasteiger partial charge in [-0.3, -0.25) is 4.79 Å². The molecule has 1 atom stereocenters. The first-order valence-electron chi connectivity index (χ1n) is 9.24. The summed E-state index contributed by atoms with van der Waals surface area (Å²) in [6, 6.07) is 20.9. The number of carbonyl (C=O) groups is 1. The van der Waals surface area contributed by atoms with E-state index < -0.39 is 5.41 Å². The molecule has 2 rings (SSSR count). The van der Waals surface area contributed by atoms with Gasteiger partial charge in [0.05, 0.1) is 5.41 Å².